The summed E-state index contributed by atoms with van der Waals surface area (Å²) in [6.45, 7) is 3.41. The van der Waals surface area contributed by atoms with E-state index in [1.165, 1.54) is 6.07 Å². The van der Waals surface area contributed by atoms with Gasteiger partial charge in [-0.05, 0) is 25.5 Å². The van der Waals surface area contributed by atoms with Gasteiger partial charge in [0.1, 0.15) is 22.7 Å². The Hall–Kier alpha value is -1.16. The summed E-state index contributed by atoms with van der Waals surface area (Å²) in [6.07, 6.45) is -0.382. The van der Waals surface area contributed by atoms with Crippen LogP contribution in [0.2, 0.25) is 0 Å². The van der Waals surface area contributed by atoms with Gasteiger partial charge in [0.2, 0.25) is 0 Å². The summed E-state index contributed by atoms with van der Waals surface area (Å²) >= 11 is 4.74. The van der Waals surface area contributed by atoms with Crippen molar-refractivity contribution in [3.05, 3.63) is 29.6 Å². The van der Waals surface area contributed by atoms with E-state index < -0.39 is 0 Å². The molecule has 1 aromatic rings. The molecular formula is C10H12FNOS. The molecule has 0 fully saturated rings. The summed E-state index contributed by atoms with van der Waals surface area (Å²) in [4.78, 5) is 0.256. The van der Waals surface area contributed by atoms with Crippen molar-refractivity contribution in [2.75, 3.05) is 0 Å². The number of benzene rings is 1. The fraction of sp³-hybridized carbons (Fsp3) is 0.300. The van der Waals surface area contributed by atoms with Gasteiger partial charge in [0.05, 0.1) is 0 Å². The van der Waals surface area contributed by atoms with Crippen molar-refractivity contribution in [1.29, 1.82) is 0 Å². The average Bonchev–Trinajstić information content (AvgIpc) is 2.11. The lowest BCUT2D eigenvalue weighted by molar-refractivity contribution is 0.287. The van der Waals surface area contributed by atoms with Crippen molar-refractivity contribution in [2.45, 2.75) is 20.0 Å². The van der Waals surface area contributed by atoms with Crippen molar-refractivity contribution < 1.29 is 9.13 Å². The van der Waals surface area contributed by atoms with E-state index in [1.807, 2.05) is 0 Å². The quantitative estimate of drug-likeness (QED) is 0.782. The van der Waals surface area contributed by atoms with Gasteiger partial charge in [-0.25, -0.2) is 4.39 Å². The van der Waals surface area contributed by atoms with E-state index in [4.69, 9.17) is 22.7 Å². The van der Waals surface area contributed by atoms with Crippen LogP contribution < -0.4 is 10.5 Å². The van der Waals surface area contributed by atoms with Gasteiger partial charge in [-0.3, -0.25) is 0 Å². The maximum absolute atomic E-state index is 13.1. The molecule has 0 saturated carbocycles. The normalized spacial score (nSPS) is 12.2. The van der Waals surface area contributed by atoms with E-state index in [1.54, 1.807) is 26.0 Å². The molecule has 2 N–H and O–H groups in total. The highest BCUT2D eigenvalue weighted by Gasteiger charge is 2.07. The minimum atomic E-state index is -0.382. The maximum Gasteiger partial charge on any atom is 0.145 e. The van der Waals surface area contributed by atoms with Gasteiger partial charge in [-0.15, -0.1) is 0 Å². The largest absolute Gasteiger partial charge is 0.484 e. The van der Waals surface area contributed by atoms with Crippen LogP contribution in [0.5, 0.6) is 5.75 Å². The number of hydrogen-bond donors (Lipinski definition) is 1. The zero-order chi connectivity index (χ0) is 10.7. The van der Waals surface area contributed by atoms with Crippen LogP contribution in [-0.4, -0.2) is 11.1 Å². The highest BCUT2D eigenvalue weighted by molar-refractivity contribution is 7.80. The number of hydrogen-bond acceptors (Lipinski definition) is 2. The third kappa shape index (κ3) is 2.67. The van der Waals surface area contributed by atoms with Crippen molar-refractivity contribution >= 4 is 17.2 Å². The van der Waals surface area contributed by atoms with Crippen molar-refractivity contribution in [3.8, 4) is 5.75 Å². The van der Waals surface area contributed by atoms with E-state index in [2.05, 4.69) is 0 Å². The van der Waals surface area contributed by atoms with Crippen LogP contribution >= 0.6 is 12.2 Å². The molecule has 0 spiro atoms. The van der Waals surface area contributed by atoms with Crippen LogP contribution in [0.15, 0.2) is 18.2 Å². The first kappa shape index (κ1) is 10.9. The Labute approximate surface area is 87.9 Å². The molecular weight excluding hydrogens is 201 g/mol. The van der Waals surface area contributed by atoms with Crippen molar-refractivity contribution in [1.82, 2.24) is 0 Å². The first-order valence-corrected chi connectivity index (χ1v) is 4.63. The van der Waals surface area contributed by atoms with Gasteiger partial charge in [-0.1, -0.05) is 18.3 Å². The van der Waals surface area contributed by atoms with E-state index in [0.29, 0.717) is 11.3 Å². The van der Waals surface area contributed by atoms with Crippen LogP contribution in [0.25, 0.3) is 0 Å². The van der Waals surface area contributed by atoms with E-state index in [9.17, 15) is 4.39 Å². The molecule has 0 heterocycles. The second-order valence-electron chi connectivity index (χ2n) is 3.07. The number of aryl methyl sites for hydroxylation is 1. The molecule has 0 aliphatic carbocycles. The average molecular weight is 213 g/mol. The fourth-order valence-electron chi connectivity index (χ4n) is 0.909. The molecule has 0 aliphatic rings. The zero-order valence-electron chi connectivity index (χ0n) is 8.08. The van der Waals surface area contributed by atoms with Crippen LogP contribution in [0.4, 0.5) is 4.39 Å². The SMILES string of the molecule is Cc1ccc(OC(C)C(N)=S)cc1F. The topological polar surface area (TPSA) is 35.2 Å². The Morgan fingerprint density at radius 1 is 1.57 bits per heavy atom. The fourth-order valence-corrected chi connectivity index (χ4v) is 0.957. The van der Waals surface area contributed by atoms with Crippen LogP contribution in [-0.2, 0) is 0 Å². The predicted molar refractivity (Wildman–Crippen MR) is 58.0 cm³/mol. The number of thiocarbonyl (C=S) groups is 1. The molecule has 76 valence electrons. The molecule has 0 amide bonds. The second kappa shape index (κ2) is 4.37. The van der Waals surface area contributed by atoms with Gasteiger partial charge < -0.3 is 10.5 Å². The lowest BCUT2D eigenvalue weighted by Crippen LogP contribution is -2.28. The molecule has 1 aromatic carbocycles. The van der Waals surface area contributed by atoms with Crippen LogP contribution in [0, 0.1) is 12.7 Å². The summed E-state index contributed by atoms with van der Waals surface area (Å²) < 4.78 is 18.4. The third-order valence-corrected chi connectivity index (χ3v) is 2.19. The van der Waals surface area contributed by atoms with Crippen molar-refractivity contribution in [3.63, 3.8) is 0 Å². The Kier molecular flexibility index (Phi) is 3.41. The summed E-state index contributed by atoms with van der Waals surface area (Å²) in [5.41, 5.74) is 5.95. The van der Waals surface area contributed by atoms with Crippen LogP contribution in [0.3, 0.4) is 0 Å². The molecule has 0 radical (unpaired) electrons. The second-order valence-corrected chi connectivity index (χ2v) is 3.54. The number of ether oxygens (including phenoxy) is 1. The summed E-state index contributed by atoms with van der Waals surface area (Å²) in [5, 5.41) is 0. The number of nitrogens with two attached hydrogens (primary N) is 1. The molecule has 1 unspecified atom stereocenters. The molecule has 14 heavy (non-hydrogen) atoms. The van der Waals surface area contributed by atoms with Gasteiger partial charge >= 0.3 is 0 Å². The third-order valence-electron chi connectivity index (χ3n) is 1.86. The molecule has 2 nitrogen and oxygen atoms in total. The standard InChI is InChI=1S/C10H12FNOS/c1-6-3-4-8(5-9(6)11)13-7(2)10(12)14/h3-5,7H,1-2H3,(H2,12,14). The lowest BCUT2D eigenvalue weighted by atomic mass is 10.2. The van der Waals surface area contributed by atoms with Gasteiger partial charge in [0.25, 0.3) is 0 Å². The van der Waals surface area contributed by atoms with Gasteiger partial charge in [0, 0.05) is 6.07 Å². The zero-order valence-corrected chi connectivity index (χ0v) is 8.90. The number of rotatable bonds is 3. The van der Waals surface area contributed by atoms with Crippen molar-refractivity contribution in [2.24, 2.45) is 5.73 Å². The lowest BCUT2D eigenvalue weighted by Gasteiger charge is -2.13. The maximum atomic E-state index is 13.1. The van der Waals surface area contributed by atoms with E-state index in [0.717, 1.165) is 0 Å². The van der Waals surface area contributed by atoms with E-state index in [-0.39, 0.29) is 16.9 Å². The molecule has 0 saturated heterocycles. The highest BCUT2D eigenvalue weighted by atomic mass is 32.1. The molecule has 0 aromatic heterocycles. The Morgan fingerprint density at radius 3 is 2.71 bits per heavy atom. The predicted octanol–water partition coefficient (Wildman–Crippen LogP) is 2.19. The Balaban J connectivity index is 2.78. The summed E-state index contributed by atoms with van der Waals surface area (Å²) in [5.74, 6) is 0.144. The first-order chi connectivity index (χ1) is 6.50. The molecule has 0 aliphatic heterocycles. The summed E-state index contributed by atoms with van der Waals surface area (Å²) in [6, 6.07) is 4.66. The minimum Gasteiger partial charge on any atom is -0.484 e. The van der Waals surface area contributed by atoms with Crippen LogP contribution in [0.1, 0.15) is 12.5 Å². The summed E-state index contributed by atoms with van der Waals surface area (Å²) in [7, 11) is 0. The van der Waals surface area contributed by atoms with Gasteiger partial charge in [0.15, 0.2) is 0 Å². The first-order valence-electron chi connectivity index (χ1n) is 4.23. The molecule has 1 atom stereocenters. The van der Waals surface area contributed by atoms with E-state index >= 15 is 0 Å². The smallest absolute Gasteiger partial charge is 0.145 e. The Morgan fingerprint density at radius 2 is 2.21 bits per heavy atom. The molecule has 0 bridgehead atoms. The number of halogens is 1. The Bertz CT molecular complexity index is 354. The van der Waals surface area contributed by atoms with Gasteiger partial charge in [-0.2, -0.15) is 0 Å². The monoisotopic (exact) mass is 213 g/mol. The molecule has 1 rings (SSSR count). The minimum absolute atomic E-state index is 0.256. The highest BCUT2D eigenvalue weighted by Crippen LogP contribution is 2.17. The molecule has 4 heteroatoms.